The van der Waals surface area contributed by atoms with Crippen molar-refractivity contribution in [1.29, 1.82) is 0 Å². The van der Waals surface area contributed by atoms with Crippen LogP contribution >= 0.6 is 11.3 Å². The standard InChI is InChI=1S/C24H18N2S/c1-15-13-22(25-14-21(15)17-7-4-3-5-8-17)20-10-6-9-18-19-12-11-16(2)26-24(19)27-23(18)20/h3-14H,1-2H3/i1D3,2D3. The summed E-state index contributed by atoms with van der Waals surface area (Å²) in [4.78, 5) is 9.63. The van der Waals surface area contributed by atoms with E-state index in [0.717, 1.165) is 26.6 Å². The van der Waals surface area contributed by atoms with Crippen molar-refractivity contribution in [2.75, 3.05) is 0 Å². The zero-order valence-electron chi connectivity index (χ0n) is 20.2. The first kappa shape index (κ1) is 11.0. The Bertz CT molecular complexity index is 1490. The Morgan fingerprint density at radius 2 is 1.78 bits per heavy atom. The summed E-state index contributed by atoms with van der Waals surface area (Å²) in [5.74, 6) is 0. The Kier molecular flexibility index (Phi) is 2.55. The Morgan fingerprint density at radius 3 is 2.63 bits per heavy atom. The highest BCUT2D eigenvalue weighted by molar-refractivity contribution is 7.26. The van der Waals surface area contributed by atoms with E-state index in [1.165, 1.54) is 17.4 Å². The first-order valence-corrected chi connectivity index (χ1v) is 9.34. The van der Waals surface area contributed by atoms with Crippen LogP contribution in [-0.2, 0) is 0 Å². The summed E-state index contributed by atoms with van der Waals surface area (Å²) in [5.41, 5.74) is 3.00. The van der Waals surface area contributed by atoms with Crippen LogP contribution in [0.1, 0.15) is 19.5 Å². The van der Waals surface area contributed by atoms with E-state index in [-0.39, 0.29) is 11.3 Å². The molecule has 27 heavy (non-hydrogen) atoms. The third kappa shape index (κ3) is 2.71. The van der Waals surface area contributed by atoms with Crippen LogP contribution in [-0.4, -0.2) is 9.97 Å². The average Bonchev–Trinajstić information content (AvgIpc) is 3.16. The van der Waals surface area contributed by atoms with Crippen LogP contribution in [0.3, 0.4) is 0 Å². The molecule has 2 aromatic carbocycles. The molecule has 0 unspecified atom stereocenters. The fourth-order valence-electron chi connectivity index (χ4n) is 3.33. The number of hydrogen-bond donors (Lipinski definition) is 0. The molecule has 0 atom stereocenters. The molecule has 3 aromatic heterocycles. The number of hydrogen-bond acceptors (Lipinski definition) is 3. The smallest absolute Gasteiger partial charge is 0.124 e. The van der Waals surface area contributed by atoms with Crippen molar-refractivity contribution < 1.29 is 8.22 Å². The third-order valence-corrected chi connectivity index (χ3v) is 5.78. The second-order valence-corrected chi connectivity index (χ2v) is 7.31. The van der Waals surface area contributed by atoms with Gasteiger partial charge in [0, 0.05) is 46.7 Å². The molecule has 0 aliphatic heterocycles. The van der Waals surface area contributed by atoms with Crippen LogP contribution in [0, 0.1) is 13.7 Å². The van der Waals surface area contributed by atoms with Gasteiger partial charge in [0.05, 0.1) is 5.69 Å². The normalized spacial score (nSPS) is 15.6. The molecular formula is C24H18N2S. The largest absolute Gasteiger partial charge is 0.256 e. The van der Waals surface area contributed by atoms with E-state index in [1.807, 2.05) is 48.5 Å². The minimum Gasteiger partial charge on any atom is -0.256 e. The predicted octanol–water partition coefficient (Wildman–Crippen LogP) is 6.80. The minimum absolute atomic E-state index is 0.0538. The first-order chi connectivity index (χ1) is 15.6. The quantitative estimate of drug-likeness (QED) is 0.341. The molecule has 2 nitrogen and oxygen atoms in total. The topological polar surface area (TPSA) is 25.8 Å². The number of pyridine rings is 2. The van der Waals surface area contributed by atoms with Gasteiger partial charge in [-0.2, -0.15) is 0 Å². The Morgan fingerprint density at radius 1 is 0.852 bits per heavy atom. The van der Waals surface area contributed by atoms with Crippen molar-refractivity contribution in [3.8, 4) is 22.4 Å². The van der Waals surface area contributed by atoms with Crippen LogP contribution in [0.15, 0.2) is 72.9 Å². The van der Waals surface area contributed by atoms with Gasteiger partial charge in [-0.15, -0.1) is 11.3 Å². The minimum atomic E-state index is -2.31. The average molecular weight is 373 g/mol. The third-order valence-electron chi connectivity index (χ3n) is 4.63. The zero-order valence-corrected chi connectivity index (χ0v) is 15.0. The highest BCUT2D eigenvalue weighted by atomic mass is 32.1. The van der Waals surface area contributed by atoms with Gasteiger partial charge in [0.1, 0.15) is 4.83 Å². The van der Waals surface area contributed by atoms with Gasteiger partial charge in [0.15, 0.2) is 0 Å². The molecule has 5 aromatic rings. The van der Waals surface area contributed by atoms with Crippen molar-refractivity contribution in [2.45, 2.75) is 13.7 Å². The molecule has 0 aliphatic rings. The predicted molar refractivity (Wildman–Crippen MR) is 115 cm³/mol. The monoisotopic (exact) mass is 372 g/mol. The number of nitrogens with zero attached hydrogens (tertiary/aromatic N) is 2. The van der Waals surface area contributed by atoms with Crippen LogP contribution in [0.25, 0.3) is 42.7 Å². The van der Waals surface area contributed by atoms with Crippen molar-refractivity contribution in [3.63, 3.8) is 0 Å². The highest BCUT2D eigenvalue weighted by Crippen LogP contribution is 2.39. The van der Waals surface area contributed by atoms with E-state index in [0.29, 0.717) is 16.1 Å². The molecule has 0 amide bonds. The van der Waals surface area contributed by atoms with E-state index in [4.69, 9.17) is 8.22 Å². The van der Waals surface area contributed by atoms with E-state index in [9.17, 15) is 0 Å². The van der Waals surface area contributed by atoms with Gasteiger partial charge >= 0.3 is 0 Å². The molecule has 0 fully saturated rings. The van der Waals surface area contributed by atoms with Crippen LogP contribution in [0.4, 0.5) is 0 Å². The number of rotatable bonds is 2. The van der Waals surface area contributed by atoms with Crippen LogP contribution in [0.2, 0.25) is 0 Å². The SMILES string of the molecule is [2H]C([2H])([2H])c1ccc2c(n1)sc1c(-c3cc(C([2H])([2H])[2H])c(-c4ccccc4)cn3)cccc12. The zero-order chi connectivity index (χ0) is 23.4. The van der Waals surface area contributed by atoms with Gasteiger partial charge in [-0.1, -0.05) is 48.5 Å². The van der Waals surface area contributed by atoms with Crippen LogP contribution in [0.5, 0.6) is 0 Å². The summed E-state index contributed by atoms with van der Waals surface area (Å²) in [6.07, 6.45) is 1.61. The number of aryl methyl sites for hydroxylation is 2. The van der Waals surface area contributed by atoms with Gasteiger partial charge in [0.2, 0.25) is 0 Å². The number of fused-ring (bicyclic) bond motifs is 3. The maximum atomic E-state index is 8.10. The van der Waals surface area contributed by atoms with Gasteiger partial charge in [-0.05, 0) is 43.0 Å². The molecule has 5 rings (SSSR count). The maximum Gasteiger partial charge on any atom is 0.124 e. The number of aromatic nitrogens is 2. The fourth-order valence-corrected chi connectivity index (χ4v) is 4.53. The van der Waals surface area contributed by atoms with Gasteiger partial charge < -0.3 is 0 Å². The summed E-state index contributed by atoms with van der Waals surface area (Å²) in [7, 11) is 0. The van der Waals surface area contributed by atoms with E-state index in [2.05, 4.69) is 9.97 Å². The molecule has 0 radical (unpaired) electrons. The summed E-state index contributed by atoms with van der Waals surface area (Å²) in [5, 5.41) is 1.79. The van der Waals surface area contributed by atoms with Gasteiger partial charge in [-0.25, -0.2) is 4.98 Å². The van der Waals surface area contributed by atoms with E-state index in [1.54, 1.807) is 18.3 Å². The lowest BCUT2D eigenvalue weighted by molar-refractivity contribution is 1.27. The summed E-state index contributed by atoms with van der Waals surface area (Å²) in [6.45, 7) is -4.59. The second-order valence-electron chi connectivity index (χ2n) is 6.31. The summed E-state index contributed by atoms with van der Waals surface area (Å²) in [6, 6.07) is 20.1. The van der Waals surface area contributed by atoms with E-state index < -0.39 is 13.7 Å². The Balaban J connectivity index is 1.72. The van der Waals surface area contributed by atoms with Crippen molar-refractivity contribution in [2.24, 2.45) is 0 Å². The van der Waals surface area contributed by atoms with Crippen molar-refractivity contribution in [1.82, 2.24) is 9.97 Å². The Hall–Kier alpha value is -3.04. The maximum absolute atomic E-state index is 8.10. The molecule has 0 saturated heterocycles. The lowest BCUT2D eigenvalue weighted by atomic mass is 10.00. The molecule has 0 bridgehead atoms. The molecule has 0 saturated carbocycles. The van der Waals surface area contributed by atoms with E-state index >= 15 is 0 Å². The van der Waals surface area contributed by atoms with Crippen molar-refractivity contribution in [3.05, 3.63) is 84.2 Å². The lowest BCUT2D eigenvalue weighted by Crippen LogP contribution is -1.89. The van der Waals surface area contributed by atoms with Gasteiger partial charge in [0.25, 0.3) is 0 Å². The summed E-state index contributed by atoms with van der Waals surface area (Å²) >= 11 is 1.39. The van der Waals surface area contributed by atoms with Gasteiger partial charge in [-0.3, -0.25) is 4.98 Å². The van der Waals surface area contributed by atoms with Crippen LogP contribution < -0.4 is 0 Å². The molecule has 130 valence electrons. The molecule has 3 heterocycles. The summed E-state index contributed by atoms with van der Waals surface area (Å²) < 4.78 is 48.1. The Labute approximate surface area is 170 Å². The highest BCUT2D eigenvalue weighted by Gasteiger charge is 2.13. The lowest BCUT2D eigenvalue weighted by Gasteiger charge is -2.09. The number of benzene rings is 2. The second kappa shape index (κ2) is 6.29. The molecule has 0 spiro atoms. The first-order valence-electron chi connectivity index (χ1n) is 11.5. The molecule has 0 N–H and O–H groups in total. The molecule has 3 heteroatoms. The number of thiophene rings is 1. The fraction of sp³-hybridized carbons (Fsp3) is 0.0833. The van der Waals surface area contributed by atoms with Crippen molar-refractivity contribution >= 4 is 31.6 Å². The molecular weight excluding hydrogens is 348 g/mol. The molecule has 0 aliphatic carbocycles.